The Morgan fingerprint density at radius 3 is 2.38 bits per heavy atom. The van der Waals surface area contributed by atoms with E-state index in [1.165, 1.54) is 18.7 Å². The van der Waals surface area contributed by atoms with Crippen LogP contribution in [0.4, 0.5) is 0 Å². The lowest BCUT2D eigenvalue weighted by atomic mass is 10.0. The Labute approximate surface area is 173 Å². The van der Waals surface area contributed by atoms with Crippen LogP contribution in [0.2, 0.25) is 0 Å². The van der Waals surface area contributed by atoms with Crippen molar-refractivity contribution >= 4 is 34.2 Å². The molecule has 2 aromatic heterocycles. The molecule has 1 N–H and O–H groups in total. The van der Waals surface area contributed by atoms with E-state index in [1.54, 1.807) is 37.5 Å². The molecule has 0 aliphatic carbocycles. The van der Waals surface area contributed by atoms with Gasteiger partial charge in [-0.3, -0.25) is 19.0 Å². The predicted molar refractivity (Wildman–Crippen MR) is 116 cm³/mol. The van der Waals surface area contributed by atoms with E-state index in [2.05, 4.69) is 9.97 Å². The minimum absolute atomic E-state index is 0.0690. The third kappa shape index (κ3) is 3.79. The number of thioether (sulfide) groups is 1. The third-order valence-corrected chi connectivity index (χ3v) is 6.05. The smallest absolute Gasteiger partial charge is 0.262 e. The van der Waals surface area contributed by atoms with Crippen molar-refractivity contribution in [2.24, 2.45) is 0 Å². The van der Waals surface area contributed by atoms with E-state index in [0.717, 1.165) is 0 Å². The molecule has 0 aliphatic rings. The average molecular weight is 412 g/mol. The van der Waals surface area contributed by atoms with Gasteiger partial charge in [0.15, 0.2) is 16.7 Å². The molecule has 2 heterocycles. The summed E-state index contributed by atoms with van der Waals surface area (Å²) in [5, 5.41) is 0.591. The molecule has 0 amide bonds. The topological polar surface area (TPSA) is 84.8 Å². The molecule has 7 heteroatoms. The molecule has 0 radical (unpaired) electrons. The maximum atomic E-state index is 13.1. The molecule has 0 aliphatic heterocycles. The summed E-state index contributed by atoms with van der Waals surface area (Å²) < 4.78 is 1.63. The number of fused-ring (bicyclic) bond motifs is 1. The zero-order chi connectivity index (χ0) is 21.5. The largest absolute Gasteiger partial charge is 0.355 e. The number of hydrogen-bond donors (Lipinski definition) is 1. The Morgan fingerprint density at radius 2 is 1.79 bits per heavy atom. The number of aryl methyl sites for hydroxylation is 1. The molecule has 29 heavy (non-hydrogen) atoms. The molecule has 0 bridgehead atoms. The number of aromatic nitrogens is 3. The molecule has 3 aromatic rings. The summed E-state index contributed by atoms with van der Waals surface area (Å²) in [6.45, 7) is 10.7. The second-order valence-electron chi connectivity index (χ2n) is 7.49. The van der Waals surface area contributed by atoms with Gasteiger partial charge in [0.05, 0.1) is 21.8 Å². The van der Waals surface area contributed by atoms with Gasteiger partial charge in [0, 0.05) is 17.3 Å². The number of nitrogens with zero attached hydrogens (tertiary/aromatic N) is 2. The molecule has 1 atom stereocenters. The summed E-state index contributed by atoms with van der Waals surface area (Å²) in [5.41, 5.74) is 2.86. The number of rotatable bonds is 6. The number of nitrogens with one attached hydrogen (secondary N) is 1. The van der Waals surface area contributed by atoms with Crippen molar-refractivity contribution in [3.63, 3.8) is 0 Å². The number of Topliss-reactive ketones (excluding diaryl/α,β-unsaturated/α-hetero) is 2. The van der Waals surface area contributed by atoms with Crippen LogP contribution in [0.3, 0.4) is 0 Å². The number of ketones is 2. The summed E-state index contributed by atoms with van der Waals surface area (Å²) in [7, 11) is 0. The second kappa shape index (κ2) is 7.99. The quantitative estimate of drug-likeness (QED) is 0.367. The first-order valence-corrected chi connectivity index (χ1v) is 10.4. The predicted octanol–water partition coefficient (Wildman–Crippen LogP) is 4.49. The van der Waals surface area contributed by atoms with E-state index in [4.69, 9.17) is 0 Å². The van der Waals surface area contributed by atoms with E-state index in [1.807, 2.05) is 26.0 Å². The highest BCUT2D eigenvalue weighted by molar-refractivity contribution is 8.00. The number of aromatic amines is 1. The van der Waals surface area contributed by atoms with Crippen LogP contribution < -0.4 is 5.56 Å². The zero-order valence-corrected chi connectivity index (χ0v) is 18.3. The molecular weight excluding hydrogens is 386 g/mol. The highest BCUT2D eigenvalue weighted by Crippen LogP contribution is 2.28. The first-order valence-electron chi connectivity index (χ1n) is 9.55. The van der Waals surface area contributed by atoms with Crippen molar-refractivity contribution in [1.82, 2.24) is 14.5 Å². The summed E-state index contributed by atoms with van der Waals surface area (Å²) in [6, 6.07) is 7.13. The van der Waals surface area contributed by atoms with Crippen molar-refractivity contribution in [2.45, 2.75) is 58.0 Å². The minimum atomic E-state index is -0.482. The highest BCUT2D eigenvalue weighted by Gasteiger charge is 2.26. The van der Waals surface area contributed by atoms with Gasteiger partial charge in [-0.1, -0.05) is 23.9 Å². The van der Waals surface area contributed by atoms with Crippen molar-refractivity contribution in [1.29, 1.82) is 0 Å². The van der Waals surface area contributed by atoms with Crippen LogP contribution in [0, 0.1) is 13.8 Å². The molecule has 6 nitrogen and oxygen atoms in total. The summed E-state index contributed by atoms with van der Waals surface area (Å²) in [6.07, 6.45) is 0. The fourth-order valence-electron chi connectivity index (χ4n) is 3.60. The zero-order valence-electron chi connectivity index (χ0n) is 17.5. The van der Waals surface area contributed by atoms with Gasteiger partial charge in [-0.15, -0.1) is 0 Å². The van der Waals surface area contributed by atoms with E-state index < -0.39 is 5.25 Å². The molecule has 152 valence electrons. The van der Waals surface area contributed by atoms with Gasteiger partial charge in [0.25, 0.3) is 5.56 Å². The van der Waals surface area contributed by atoms with Crippen LogP contribution >= 0.6 is 11.8 Å². The first-order chi connectivity index (χ1) is 13.6. The molecule has 1 unspecified atom stereocenters. The van der Waals surface area contributed by atoms with Crippen molar-refractivity contribution in [3.05, 3.63) is 57.1 Å². The molecule has 0 spiro atoms. The SMILES string of the molecule is CC(=O)c1c(C)[nH]c(C(=O)C(C)Sc2nc3ccccc3c(=O)n2C(C)C)c1C. The summed E-state index contributed by atoms with van der Waals surface area (Å²) >= 11 is 1.26. The van der Waals surface area contributed by atoms with Crippen LogP contribution in [0.25, 0.3) is 10.9 Å². The van der Waals surface area contributed by atoms with Gasteiger partial charge < -0.3 is 4.98 Å². The van der Waals surface area contributed by atoms with E-state index in [0.29, 0.717) is 38.6 Å². The third-order valence-electron chi connectivity index (χ3n) is 4.98. The average Bonchev–Trinajstić information content (AvgIpc) is 2.95. The molecule has 0 saturated carbocycles. The van der Waals surface area contributed by atoms with Crippen molar-refractivity contribution in [2.75, 3.05) is 0 Å². The molecule has 3 rings (SSSR count). The lowest BCUT2D eigenvalue weighted by Gasteiger charge is -2.18. The maximum Gasteiger partial charge on any atom is 0.262 e. The Kier molecular flexibility index (Phi) is 5.80. The normalized spacial score (nSPS) is 12.5. The van der Waals surface area contributed by atoms with Gasteiger partial charge in [-0.25, -0.2) is 4.98 Å². The van der Waals surface area contributed by atoms with Crippen LogP contribution in [-0.2, 0) is 0 Å². The fraction of sp³-hybridized carbons (Fsp3) is 0.364. The Bertz CT molecular complexity index is 1170. The standard InChI is InChI=1S/C22H25N3O3S/c1-11(2)25-21(28)16-9-7-8-10-17(16)24-22(25)29-15(6)20(27)19-12(3)18(14(5)26)13(4)23-19/h7-11,15,23H,1-6H3. The molecular formula is C22H25N3O3S. The maximum absolute atomic E-state index is 13.1. The molecule has 1 aromatic carbocycles. The number of carbonyl (C=O) groups is 2. The fourth-order valence-corrected chi connectivity index (χ4v) is 4.70. The van der Waals surface area contributed by atoms with Crippen molar-refractivity contribution < 1.29 is 9.59 Å². The summed E-state index contributed by atoms with van der Waals surface area (Å²) in [4.78, 5) is 45.7. The number of para-hydroxylation sites is 1. The van der Waals surface area contributed by atoms with Gasteiger partial charge in [0.2, 0.25) is 0 Å². The lowest BCUT2D eigenvalue weighted by molar-refractivity contribution is 0.0988. The van der Waals surface area contributed by atoms with Crippen molar-refractivity contribution in [3.8, 4) is 0 Å². The van der Waals surface area contributed by atoms with Gasteiger partial charge >= 0.3 is 0 Å². The number of benzene rings is 1. The summed E-state index contributed by atoms with van der Waals surface area (Å²) in [5.74, 6) is -0.193. The van der Waals surface area contributed by atoms with Crippen LogP contribution in [-0.4, -0.2) is 31.4 Å². The number of carbonyl (C=O) groups excluding carboxylic acids is 2. The molecule has 0 fully saturated rings. The Morgan fingerprint density at radius 1 is 1.14 bits per heavy atom. The Hall–Kier alpha value is -2.67. The highest BCUT2D eigenvalue weighted by atomic mass is 32.2. The van der Waals surface area contributed by atoms with E-state index in [9.17, 15) is 14.4 Å². The molecule has 0 saturated heterocycles. The number of H-pyrrole nitrogens is 1. The monoisotopic (exact) mass is 411 g/mol. The lowest BCUT2D eigenvalue weighted by Crippen LogP contribution is -2.26. The Balaban J connectivity index is 2.02. The van der Waals surface area contributed by atoms with Gasteiger partial charge in [0.1, 0.15) is 0 Å². The first kappa shape index (κ1) is 21.0. The second-order valence-corrected chi connectivity index (χ2v) is 8.79. The van der Waals surface area contributed by atoms with E-state index >= 15 is 0 Å². The van der Waals surface area contributed by atoms with Crippen LogP contribution in [0.5, 0.6) is 0 Å². The van der Waals surface area contributed by atoms with Crippen LogP contribution in [0.1, 0.15) is 65.8 Å². The van der Waals surface area contributed by atoms with Gasteiger partial charge in [-0.2, -0.15) is 0 Å². The minimum Gasteiger partial charge on any atom is -0.355 e. The number of hydrogen-bond acceptors (Lipinski definition) is 5. The van der Waals surface area contributed by atoms with Crippen LogP contribution in [0.15, 0.2) is 34.2 Å². The van der Waals surface area contributed by atoms with E-state index in [-0.39, 0.29) is 23.2 Å². The van der Waals surface area contributed by atoms with Gasteiger partial charge in [-0.05, 0) is 59.2 Å².